The number of hydrogen-bond acceptors (Lipinski definition) is 8. The van der Waals surface area contributed by atoms with Gasteiger partial charge in [0.15, 0.2) is 10.9 Å². The highest BCUT2D eigenvalue weighted by atomic mass is 32.1. The molecule has 1 fully saturated rings. The summed E-state index contributed by atoms with van der Waals surface area (Å²) in [5.74, 6) is -0.0798. The Morgan fingerprint density at radius 3 is 2.68 bits per heavy atom. The molecule has 0 N–H and O–H groups in total. The molecule has 0 saturated carbocycles. The number of anilines is 1. The van der Waals surface area contributed by atoms with Crippen molar-refractivity contribution in [2.75, 3.05) is 31.2 Å². The van der Waals surface area contributed by atoms with Crippen LogP contribution in [-0.2, 0) is 24.1 Å². The molecule has 0 amide bonds. The molecule has 0 radical (unpaired) electrons. The molecule has 2 aliphatic rings. The molecular weight excluding hydrogens is 468 g/mol. The molecule has 1 aliphatic heterocycles. The number of benzene rings is 1. The largest absolute Gasteiger partial charge is 0.378 e. The first-order valence-corrected chi connectivity index (χ1v) is 13.3. The van der Waals surface area contributed by atoms with Gasteiger partial charge in [0.1, 0.15) is 16.0 Å². The van der Waals surface area contributed by atoms with Gasteiger partial charge in [0.25, 0.3) is 0 Å². The molecule has 1 aliphatic carbocycles. The second kappa shape index (κ2) is 9.05. The molecule has 4 heterocycles. The minimum absolute atomic E-state index is 0.0451. The third-order valence-electron chi connectivity index (χ3n) is 6.51. The number of Topliss-reactive ketones (excluding diaryl/α,β-unsaturated/α-hetero) is 1. The number of aromatic nitrogens is 3. The summed E-state index contributed by atoms with van der Waals surface area (Å²) < 4.78 is 6.98. The Bertz CT molecular complexity index is 1420. The Hall–Kier alpha value is -2.88. The fraction of sp³-hybridized carbons (Fsp3) is 0.360. The van der Waals surface area contributed by atoms with Gasteiger partial charge in [-0.25, -0.2) is 9.78 Å². The minimum atomic E-state index is -0.417. The van der Waals surface area contributed by atoms with E-state index < -0.39 is 5.69 Å². The summed E-state index contributed by atoms with van der Waals surface area (Å²) in [6.45, 7) is 2.75. The van der Waals surface area contributed by atoms with Gasteiger partial charge in [-0.15, -0.1) is 11.3 Å². The van der Waals surface area contributed by atoms with Crippen LogP contribution in [0.15, 0.2) is 40.5 Å². The molecule has 174 valence electrons. The predicted molar refractivity (Wildman–Crippen MR) is 135 cm³/mol. The van der Waals surface area contributed by atoms with Crippen LogP contribution >= 0.6 is 22.7 Å². The molecule has 1 saturated heterocycles. The van der Waals surface area contributed by atoms with Crippen molar-refractivity contribution in [1.82, 2.24) is 14.5 Å². The molecule has 34 heavy (non-hydrogen) atoms. The van der Waals surface area contributed by atoms with Crippen molar-refractivity contribution in [3.05, 3.63) is 62.9 Å². The average Bonchev–Trinajstić information content (AvgIpc) is 3.57. The van der Waals surface area contributed by atoms with E-state index in [1.54, 1.807) is 0 Å². The second-order valence-corrected chi connectivity index (χ2v) is 10.6. The van der Waals surface area contributed by atoms with E-state index >= 15 is 0 Å². The fourth-order valence-electron chi connectivity index (χ4n) is 4.69. The Morgan fingerprint density at radius 2 is 1.88 bits per heavy atom. The Labute approximate surface area is 204 Å². The number of nitrogens with zero attached hydrogens (tertiary/aromatic N) is 4. The monoisotopic (exact) mass is 492 g/mol. The first kappa shape index (κ1) is 21.6. The van der Waals surface area contributed by atoms with Crippen molar-refractivity contribution in [2.45, 2.75) is 32.2 Å². The molecule has 3 aromatic heterocycles. The first-order valence-electron chi connectivity index (χ1n) is 11.6. The van der Waals surface area contributed by atoms with Crippen molar-refractivity contribution in [3.8, 4) is 10.6 Å². The van der Waals surface area contributed by atoms with Crippen LogP contribution in [0.2, 0.25) is 0 Å². The number of aryl methyl sites for hydroxylation is 2. The van der Waals surface area contributed by atoms with Crippen molar-refractivity contribution in [1.29, 1.82) is 0 Å². The Morgan fingerprint density at radius 1 is 1.06 bits per heavy atom. The number of carbonyl (C=O) groups excluding carboxylic acids is 1. The third-order valence-corrected chi connectivity index (χ3v) is 8.53. The summed E-state index contributed by atoms with van der Waals surface area (Å²) in [5, 5.41) is 2.79. The maximum Gasteiger partial charge on any atom is 0.349 e. The maximum atomic E-state index is 13.3. The topological polar surface area (TPSA) is 77.3 Å². The van der Waals surface area contributed by atoms with E-state index in [-0.39, 0.29) is 12.3 Å². The smallest absolute Gasteiger partial charge is 0.349 e. The Balaban J connectivity index is 1.42. The zero-order valence-corrected chi connectivity index (χ0v) is 20.3. The summed E-state index contributed by atoms with van der Waals surface area (Å²) >= 11 is 2.98. The Kier molecular flexibility index (Phi) is 5.76. The molecule has 9 heteroatoms. The minimum Gasteiger partial charge on any atom is -0.378 e. The number of thiophene rings is 1. The number of rotatable bonds is 5. The quantitative estimate of drug-likeness (QED) is 0.389. The number of fused-ring (bicyclic) bond motifs is 2. The number of ether oxygens (including phenoxy) is 1. The number of morpholine rings is 1. The van der Waals surface area contributed by atoms with Crippen LogP contribution in [0.1, 0.15) is 34.3 Å². The number of ketones is 1. The van der Waals surface area contributed by atoms with Gasteiger partial charge in [0.05, 0.1) is 24.6 Å². The predicted octanol–water partition coefficient (Wildman–Crippen LogP) is 4.18. The van der Waals surface area contributed by atoms with Gasteiger partial charge >= 0.3 is 5.69 Å². The van der Waals surface area contributed by atoms with Crippen molar-refractivity contribution in [3.63, 3.8) is 0 Å². The molecule has 0 unspecified atom stereocenters. The van der Waals surface area contributed by atoms with Crippen LogP contribution in [0.25, 0.3) is 20.9 Å². The molecule has 0 spiro atoms. The normalized spacial score (nSPS) is 16.1. The lowest BCUT2D eigenvalue weighted by Gasteiger charge is -2.25. The van der Waals surface area contributed by atoms with E-state index in [4.69, 9.17) is 9.72 Å². The number of thiazole rings is 1. The molecule has 7 nitrogen and oxygen atoms in total. The zero-order valence-electron chi connectivity index (χ0n) is 18.7. The van der Waals surface area contributed by atoms with Gasteiger partial charge in [-0.2, -0.15) is 4.98 Å². The molecule has 0 bridgehead atoms. The second-order valence-electron chi connectivity index (χ2n) is 8.67. The average molecular weight is 493 g/mol. The van der Waals surface area contributed by atoms with Crippen LogP contribution in [0, 0.1) is 0 Å². The third kappa shape index (κ3) is 3.97. The lowest BCUT2D eigenvalue weighted by molar-refractivity contribution is 0.0972. The summed E-state index contributed by atoms with van der Waals surface area (Å²) in [6, 6.07) is 9.87. The van der Waals surface area contributed by atoms with Gasteiger partial charge < -0.3 is 9.64 Å². The number of carbonyl (C=O) groups is 1. The highest BCUT2D eigenvalue weighted by molar-refractivity contribution is 7.22. The van der Waals surface area contributed by atoms with Crippen molar-refractivity contribution >= 4 is 43.9 Å². The summed E-state index contributed by atoms with van der Waals surface area (Å²) in [4.78, 5) is 39.5. The summed E-state index contributed by atoms with van der Waals surface area (Å²) in [5.41, 5.74) is 4.09. The lowest BCUT2D eigenvalue weighted by atomic mass is 9.90. The van der Waals surface area contributed by atoms with Gasteiger partial charge in [-0.05, 0) is 54.3 Å². The van der Waals surface area contributed by atoms with Crippen LogP contribution in [0.3, 0.4) is 0 Å². The van der Waals surface area contributed by atoms with E-state index in [0.717, 1.165) is 42.4 Å². The highest BCUT2D eigenvalue weighted by Crippen LogP contribution is 2.35. The molecule has 1 aromatic carbocycles. The van der Waals surface area contributed by atoms with Gasteiger partial charge in [-0.3, -0.25) is 9.36 Å². The zero-order chi connectivity index (χ0) is 23.1. The standard InChI is InChI=1S/C25H24N4O3S2/c30-19(18-8-7-16-4-1-2-5-17(16)14-18)15-29-23-22(21(26-24(29)31)20-6-3-13-33-20)27-25(34-23)28-9-11-32-12-10-28/h3,6-8,13-14H,1-2,4-5,9-12,15H2. The van der Waals surface area contributed by atoms with Gasteiger partial charge in [0.2, 0.25) is 0 Å². The summed E-state index contributed by atoms with van der Waals surface area (Å²) in [7, 11) is 0. The van der Waals surface area contributed by atoms with Crippen LogP contribution in [-0.4, -0.2) is 46.6 Å². The van der Waals surface area contributed by atoms with Crippen molar-refractivity contribution in [2.24, 2.45) is 0 Å². The fourth-order valence-corrected chi connectivity index (χ4v) is 6.52. The molecule has 0 atom stereocenters. The highest BCUT2D eigenvalue weighted by Gasteiger charge is 2.23. The molecule has 6 rings (SSSR count). The van der Waals surface area contributed by atoms with Gasteiger partial charge in [-0.1, -0.05) is 29.5 Å². The summed E-state index contributed by atoms with van der Waals surface area (Å²) in [6.07, 6.45) is 4.44. The SMILES string of the molecule is O=C(Cn1c(=O)nc(-c2cccs2)c2nc(N3CCOCC3)sc21)c1ccc2c(c1)CCCC2. The molecule has 4 aromatic rings. The number of hydrogen-bond donors (Lipinski definition) is 0. The van der Waals surface area contributed by atoms with Crippen LogP contribution in [0.5, 0.6) is 0 Å². The maximum absolute atomic E-state index is 13.3. The van der Waals surface area contributed by atoms with E-state index in [0.29, 0.717) is 34.8 Å². The van der Waals surface area contributed by atoms with Crippen LogP contribution in [0.4, 0.5) is 5.13 Å². The van der Waals surface area contributed by atoms with E-state index in [2.05, 4.69) is 16.0 Å². The lowest BCUT2D eigenvalue weighted by Crippen LogP contribution is -2.36. The van der Waals surface area contributed by atoms with E-state index in [9.17, 15) is 9.59 Å². The van der Waals surface area contributed by atoms with E-state index in [1.807, 2.05) is 29.6 Å². The first-order chi connectivity index (χ1) is 16.7. The van der Waals surface area contributed by atoms with Crippen LogP contribution < -0.4 is 10.6 Å². The van der Waals surface area contributed by atoms with Crippen molar-refractivity contribution < 1.29 is 9.53 Å². The molecular formula is C25H24N4O3S2. The van der Waals surface area contributed by atoms with E-state index in [1.165, 1.54) is 44.8 Å². The van der Waals surface area contributed by atoms with Gasteiger partial charge in [0, 0.05) is 18.7 Å².